The van der Waals surface area contributed by atoms with Gasteiger partial charge in [-0.1, -0.05) is 30.3 Å². The predicted octanol–water partition coefficient (Wildman–Crippen LogP) is -0.131. The maximum atomic E-state index is 12.2. The van der Waals surface area contributed by atoms with E-state index in [4.69, 9.17) is 10.5 Å². The monoisotopic (exact) mass is 344 g/mol. The van der Waals surface area contributed by atoms with Gasteiger partial charge in [-0.25, -0.2) is 9.59 Å². The second kappa shape index (κ2) is 7.61. The molecule has 25 heavy (non-hydrogen) atoms. The zero-order valence-electron chi connectivity index (χ0n) is 14.3. The Morgan fingerprint density at radius 3 is 2.48 bits per heavy atom. The third-order valence-electron chi connectivity index (χ3n) is 3.87. The Balaban J connectivity index is 2.41. The second-order valence-electron chi connectivity index (χ2n) is 5.51. The van der Waals surface area contributed by atoms with Crippen LogP contribution in [0.1, 0.15) is 11.1 Å². The van der Waals surface area contributed by atoms with Crippen molar-refractivity contribution >= 4 is 18.0 Å². The van der Waals surface area contributed by atoms with Gasteiger partial charge in [-0.2, -0.15) is 0 Å². The molecular weight excluding hydrogens is 324 g/mol. The number of hydrogen-bond acceptors (Lipinski definition) is 6. The Hall–Kier alpha value is -3.16. The van der Waals surface area contributed by atoms with E-state index in [0.29, 0.717) is 6.42 Å². The Kier molecular flexibility index (Phi) is 5.53. The molecule has 0 saturated carbocycles. The van der Waals surface area contributed by atoms with E-state index in [1.807, 2.05) is 30.3 Å². The fraction of sp³-hybridized carbons (Fsp3) is 0.294. The number of hydrogen-bond donors (Lipinski definition) is 1. The van der Waals surface area contributed by atoms with E-state index in [1.165, 1.54) is 27.4 Å². The lowest BCUT2D eigenvalue weighted by Gasteiger charge is -2.11. The average Bonchev–Trinajstić information content (AvgIpc) is 2.64. The predicted molar refractivity (Wildman–Crippen MR) is 94.9 cm³/mol. The third kappa shape index (κ3) is 3.85. The highest BCUT2D eigenvalue weighted by atomic mass is 16.5. The molecule has 132 valence electrons. The van der Waals surface area contributed by atoms with Gasteiger partial charge >= 0.3 is 11.7 Å². The van der Waals surface area contributed by atoms with Crippen molar-refractivity contribution in [2.45, 2.75) is 12.5 Å². The van der Waals surface area contributed by atoms with Crippen LogP contribution in [0, 0.1) is 0 Å². The molecule has 8 heteroatoms. The minimum Gasteiger partial charge on any atom is -0.467 e. The summed E-state index contributed by atoms with van der Waals surface area (Å²) < 4.78 is 6.86. The van der Waals surface area contributed by atoms with Crippen molar-refractivity contribution in [1.82, 2.24) is 9.13 Å². The number of nitrogens with zero attached hydrogens (tertiary/aromatic N) is 3. The van der Waals surface area contributed by atoms with Gasteiger partial charge in [-0.3, -0.25) is 18.9 Å². The van der Waals surface area contributed by atoms with Gasteiger partial charge in [0.05, 0.1) is 12.7 Å². The van der Waals surface area contributed by atoms with E-state index < -0.39 is 23.3 Å². The number of carbonyl (C=O) groups excluding carboxylic acids is 1. The number of aromatic nitrogens is 2. The van der Waals surface area contributed by atoms with Crippen LogP contribution in [-0.4, -0.2) is 34.5 Å². The second-order valence-corrected chi connectivity index (χ2v) is 5.51. The van der Waals surface area contributed by atoms with Crippen molar-refractivity contribution in [1.29, 1.82) is 0 Å². The number of methoxy groups -OCH3 is 1. The lowest BCUT2D eigenvalue weighted by molar-refractivity contribution is -0.142. The molecular formula is C17H20N4O4. The zero-order chi connectivity index (χ0) is 18.6. The Morgan fingerprint density at radius 1 is 1.24 bits per heavy atom. The van der Waals surface area contributed by atoms with Crippen molar-refractivity contribution < 1.29 is 9.53 Å². The summed E-state index contributed by atoms with van der Waals surface area (Å²) in [5, 5.41) is 0. The molecule has 1 atom stereocenters. The SMILES string of the molecule is COC(=O)C(Cc1ccccc1)N=Cc1c(N)n(C)c(=O)n(C)c1=O. The molecule has 1 unspecified atom stereocenters. The smallest absolute Gasteiger partial charge is 0.332 e. The molecule has 2 aromatic rings. The van der Waals surface area contributed by atoms with Crippen LogP contribution in [0.2, 0.25) is 0 Å². The van der Waals surface area contributed by atoms with Crippen LogP contribution in [0.25, 0.3) is 0 Å². The maximum Gasteiger partial charge on any atom is 0.332 e. The minimum absolute atomic E-state index is 0.0137. The van der Waals surface area contributed by atoms with Gasteiger partial charge in [0.1, 0.15) is 5.82 Å². The van der Waals surface area contributed by atoms with Crippen LogP contribution in [0.3, 0.4) is 0 Å². The Labute approximate surface area is 144 Å². The van der Waals surface area contributed by atoms with Crippen molar-refractivity contribution in [3.63, 3.8) is 0 Å². The summed E-state index contributed by atoms with van der Waals surface area (Å²) in [7, 11) is 4.08. The van der Waals surface area contributed by atoms with E-state index in [2.05, 4.69) is 4.99 Å². The van der Waals surface area contributed by atoms with E-state index in [0.717, 1.165) is 14.7 Å². The van der Waals surface area contributed by atoms with E-state index in [-0.39, 0.29) is 11.4 Å². The van der Waals surface area contributed by atoms with Gasteiger partial charge in [0.15, 0.2) is 6.04 Å². The number of ether oxygens (including phenoxy) is 1. The molecule has 0 saturated heterocycles. The number of anilines is 1. The van der Waals surface area contributed by atoms with Crippen LogP contribution >= 0.6 is 0 Å². The summed E-state index contributed by atoms with van der Waals surface area (Å²) in [5.74, 6) is -0.541. The first-order valence-electron chi connectivity index (χ1n) is 7.57. The van der Waals surface area contributed by atoms with Crippen molar-refractivity contribution in [3.8, 4) is 0 Å². The summed E-state index contributed by atoms with van der Waals surface area (Å²) in [4.78, 5) is 40.2. The van der Waals surface area contributed by atoms with Crippen molar-refractivity contribution in [2.75, 3.05) is 12.8 Å². The maximum absolute atomic E-state index is 12.2. The van der Waals surface area contributed by atoms with Gasteiger partial charge in [-0.05, 0) is 5.56 Å². The van der Waals surface area contributed by atoms with Gasteiger partial charge in [0, 0.05) is 26.7 Å². The van der Waals surface area contributed by atoms with Gasteiger partial charge in [0.25, 0.3) is 5.56 Å². The highest BCUT2D eigenvalue weighted by Gasteiger charge is 2.19. The molecule has 8 nitrogen and oxygen atoms in total. The average molecular weight is 344 g/mol. The Bertz CT molecular complexity index is 913. The summed E-state index contributed by atoms with van der Waals surface area (Å²) in [5.41, 5.74) is 5.68. The molecule has 0 bridgehead atoms. The summed E-state index contributed by atoms with van der Waals surface area (Å²) >= 11 is 0. The molecule has 0 aliphatic heterocycles. The van der Waals surface area contributed by atoms with Gasteiger partial charge in [0.2, 0.25) is 0 Å². The number of aliphatic imine (C=N–C) groups is 1. The lowest BCUT2D eigenvalue weighted by atomic mass is 10.1. The van der Waals surface area contributed by atoms with Crippen molar-refractivity contribution in [2.24, 2.45) is 19.1 Å². The topological polar surface area (TPSA) is 109 Å². The van der Waals surface area contributed by atoms with Gasteiger partial charge < -0.3 is 10.5 Å². The molecule has 0 fully saturated rings. The quantitative estimate of drug-likeness (QED) is 0.600. The summed E-state index contributed by atoms with van der Waals surface area (Å²) in [6.07, 6.45) is 1.54. The summed E-state index contributed by atoms with van der Waals surface area (Å²) in [6.45, 7) is 0. The molecule has 0 aliphatic rings. The number of benzene rings is 1. The van der Waals surface area contributed by atoms with Crippen LogP contribution in [0.5, 0.6) is 0 Å². The number of nitrogens with two attached hydrogens (primary N) is 1. The number of carbonyl (C=O) groups is 1. The van der Waals surface area contributed by atoms with Gasteiger partial charge in [-0.15, -0.1) is 0 Å². The summed E-state index contributed by atoms with van der Waals surface area (Å²) in [6, 6.07) is 8.49. The molecule has 0 amide bonds. The first-order valence-corrected chi connectivity index (χ1v) is 7.57. The lowest BCUT2D eigenvalue weighted by Crippen LogP contribution is -2.40. The van der Waals surface area contributed by atoms with E-state index >= 15 is 0 Å². The van der Waals surface area contributed by atoms with E-state index in [9.17, 15) is 14.4 Å². The number of nitrogen functional groups attached to an aromatic ring is 1. The van der Waals surface area contributed by atoms with Crippen molar-refractivity contribution in [3.05, 3.63) is 62.3 Å². The first kappa shape index (κ1) is 18.2. The van der Waals surface area contributed by atoms with E-state index in [1.54, 1.807) is 0 Å². The number of rotatable bonds is 5. The van der Waals surface area contributed by atoms with Crippen LogP contribution in [0.15, 0.2) is 44.9 Å². The zero-order valence-corrected chi connectivity index (χ0v) is 14.3. The molecule has 0 aliphatic carbocycles. The highest BCUT2D eigenvalue weighted by molar-refractivity contribution is 5.87. The fourth-order valence-electron chi connectivity index (χ4n) is 2.34. The largest absolute Gasteiger partial charge is 0.467 e. The molecule has 2 rings (SSSR count). The highest BCUT2D eigenvalue weighted by Crippen LogP contribution is 2.08. The third-order valence-corrected chi connectivity index (χ3v) is 3.87. The molecule has 0 spiro atoms. The number of esters is 1. The van der Waals surface area contributed by atoms with Crippen LogP contribution in [0.4, 0.5) is 5.82 Å². The standard InChI is InChI=1S/C17H20N4O4/c1-20-14(18)12(15(22)21(2)17(20)24)10-19-13(16(23)25-3)9-11-7-5-4-6-8-11/h4-8,10,13H,9,18H2,1-3H3. The Morgan fingerprint density at radius 2 is 1.88 bits per heavy atom. The fourth-order valence-corrected chi connectivity index (χ4v) is 2.34. The first-order chi connectivity index (χ1) is 11.9. The van der Waals surface area contributed by atoms with Crippen LogP contribution in [-0.2, 0) is 30.0 Å². The van der Waals surface area contributed by atoms with Crippen LogP contribution < -0.4 is 17.0 Å². The molecule has 1 aromatic heterocycles. The molecule has 0 radical (unpaired) electrons. The molecule has 1 aromatic carbocycles. The molecule has 1 heterocycles. The minimum atomic E-state index is -0.825. The molecule has 2 N–H and O–H groups in total. The normalized spacial score (nSPS) is 12.3.